The summed E-state index contributed by atoms with van der Waals surface area (Å²) >= 11 is 0. The lowest BCUT2D eigenvalue weighted by atomic mass is 10.1. The number of carbonyl (C=O) groups is 3. The summed E-state index contributed by atoms with van der Waals surface area (Å²) < 4.78 is 5.23. The van der Waals surface area contributed by atoms with E-state index < -0.39 is 5.97 Å². The maximum absolute atomic E-state index is 12.6. The molecule has 0 atom stereocenters. The zero-order chi connectivity index (χ0) is 21.5. The van der Waals surface area contributed by atoms with Crippen LogP contribution in [0.1, 0.15) is 37.8 Å². The number of hydrogen-bond acceptors (Lipinski definition) is 4. The van der Waals surface area contributed by atoms with Crippen molar-refractivity contribution in [2.24, 2.45) is 0 Å². The molecule has 30 heavy (non-hydrogen) atoms. The number of ether oxygens (including phenoxy) is 1. The van der Waals surface area contributed by atoms with Crippen molar-refractivity contribution in [2.75, 3.05) is 18.1 Å². The van der Waals surface area contributed by atoms with E-state index in [0.29, 0.717) is 13.0 Å². The second kappa shape index (κ2) is 10.1. The minimum absolute atomic E-state index is 0.00255. The Labute approximate surface area is 177 Å². The first-order chi connectivity index (χ1) is 14.4. The van der Waals surface area contributed by atoms with Gasteiger partial charge in [0, 0.05) is 31.2 Å². The number of benzene rings is 2. The highest BCUT2D eigenvalue weighted by Crippen LogP contribution is 2.21. The van der Waals surface area contributed by atoms with Gasteiger partial charge in [0.15, 0.2) is 6.61 Å². The van der Waals surface area contributed by atoms with Gasteiger partial charge in [-0.15, -0.1) is 0 Å². The molecule has 3 rings (SSSR count). The highest BCUT2D eigenvalue weighted by Gasteiger charge is 2.22. The molecule has 0 bridgehead atoms. The maximum Gasteiger partial charge on any atom is 0.310 e. The van der Waals surface area contributed by atoms with E-state index in [1.807, 2.05) is 68.4 Å². The van der Waals surface area contributed by atoms with Crippen LogP contribution in [0.3, 0.4) is 0 Å². The van der Waals surface area contributed by atoms with Crippen LogP contribution < -0.4 is 4.90 Å². The van der Waals surface area contributed by atoms with Crippen molar-refractivity contribution in [2.45, 2.75) is 45.7 Å². The van der Waals surface area contributed by atoms with Gasteiger partial charge in [-0.2, -0.15) is 0 Å². The minimum atomic E-state index is -0.447. The van der Waals surface area contributed by atoms with E-state index in [2.05, 4.69) is 0 Å². The van der Waals surface area contributed by atoms with Gasteiger partial charge in [-0.25, -0.2) is 0 Å². The second-order valence-corrected chi connectivity index (χ2v) is 7.75. The summed E-state index contributed by atoms with van der Waals surface area (Å²) in [6.07, 6.45) is 1.54. The molecule has 2 amide bonds. The van der Waals surface area contributed by atoms with Crippen molar-refractivity contribution in [1.82, 2.24) is 4.90 Å². The molecule has 0 aromatic heterocycles. The zero-order valence-electron chi connectivity index (χ0n) is 17.5. The van der Waals surface area contributed by atoms with E-state index in [1.165, 1.54) is 0 Å². The first-order valence-corrected chi connectivity index (χ1v) is 10.3. The van der Waals surface area contributed by atoms with E-state index in [1.54, 1.807) is 9.80 Å². The molecule has 6 nitrogen and oxygen atoms in total. The third-order valence-electron chi connectivity index (χ3n) is 5.17. The predicted molar refractivity (Wildman–Crippen MR) is 115 cm³/mol. The summed E-state index contributed by atoms with van der Waals surface area (Å²) in [4.78, 5) is 40.1. The van der Waals surface area contributed by atoms with Crippen molar-refractivity contribution in [3.8, 4) is 0 Å². The SMILES string of the molecule is CC(C)N(Cc1ccccc1)C(=O)COC(=O)Cc1ccc(N2CCCC2=O)cc1. The molecule has 1 aliphatic heterocycles. The second-order valence-electron chi connectivity index (χ2n) is 7.75. The summed E-state index contributed by atoms with van der Waals surface area (Å²) in [6, 6.07) is 17.1. The maximum atomic E-state index is 12.6. The molecule has 1 fully saturated rings. The van der Waals surface area contributed by atoms with Gasteiger partial charge in [0.05, 0.1) is 6.42 Å². The van der Waals surface area contributed by atoms with Crippen molar-refractivity contribution >= 4 is 23.5 Å². The zero-order valence-corrected chi connectivity index (χ0v) is 17.5. The lowest BCUT2D eigenvalue weighted by Crippen LogP contribution is -2.39. The normalized spacial score (nSPS) is 13.6. The molecule has 2 aromatic carbocycles. The van der Waals surface area contributed by atoms with Crippen LogP contribution in [0.2, 0.25) is 0 Å². The van der Waals surface area contributed by atoms with Crippen LogP contribution >= 0.6 is 0 Å². The summed E-state index contributed by atoms with van der Waals surface area (Å²) in [5.74, 6) is -0.534. The fourth-order valence-corrected chi connectivity index (χ4v) is 3.50. The molecule has 0 aliphatic carbocycles. The molecule has 0 unspecified atom stereocenters. The van der Waals surface area contributed by atoms with Crippen LogP contribution in [0.15, 0.2) is 54.6 Å². The predicted octanol–water partition coefficient (Wildman–Crippen LogP) is 3.34. The Morgan fingerprint density at radius 3 is 2.33 bits per heavy atom. The number of amides is 2. The number of rotatable bonds is 8. The van der Waals surface area contributed by atoms with Gasteiger partial charge < -0.3 is 14.5 Å². The number of nitrogens with zero attached hydrogens (tertiary/aromatic N) is 2. The lowest BCUT2D eigenvalue weighted by molar-refractivity contribution is -0.152. The topological polar surface area (TPSA) is 66.9 Å². The van der Waals surface area contributed by atoms with E-state index in [0.717, 1.165) is 29.8 Å². The third kappa shape index (κ3) is 5.69. The molecule has 158 valence electrons. The van der Waals surface area contributed by atoms with Gasteiger partial charge in [-0.3, -0.25) is 14.4 Å². The molecule has 1 heterocycles. The first kappa shape index (κ1) is 21.6. The molecule has 1 aliphatic rings. The van der Waals surface area contributed by atoms with Crippen molar-refractivity contribution in [3.63, 3.8) is 0 Å². The fraction of sp³-hybridized carbons (Fsp3) is 0.375. The Bertz CT molecular complexity index is 878. The Balaban J connectivity index is 1.50. The molecule has 0 spiro atoms. The molecule has 0 radical (unpaired) electrons. The Morgan fingerprint density at radius 1 is 1.03 bits per heavy atom. The number of hydrogen-bond donors (Lipinski definition) is 0. The summed E-state index contributed by atoms with van der Waals surface area (Å²) in [5.41, 5.74) is 2.66. The van der Waals surface area contributed by atoms with Gasteiger partial charge in [0.25, 0.3) is 5.91 Å². The van der Waals surface area contributed by atoms with E-state index >= 15 is 0 Å². The fourth-order valence-electron chi connectivity index (χ4n) is 3.50. The molecular formula is C24H28N2O4. The van der Waals surface area contributed by atoms with Gasteiger partial charge in [-0.1, -0.05) is 42.5 Å². The molecular weight excluding hydrogens is 380 g/mol. The average molecular weight is 408 g/mol. The average Bonchev–Trinajstić information content (AvgIpc) is 3.17. The van der Waals surface area contributed by atoms with Gasteiger partial charge in [0.1, 0.15) is 0 Å². The van der Waals surface area contributed by atoms with Crippen molar-refractivity contribution in [1.29, 1.82) is 0 Å². The van der Waals surface area contributed by atoms with Crippen LogP contribution in [-0.4, -0.2) is 41.9 Å². The van der Waals surface area contributed by atoms with Crippen LogP contribution in [0.5, 0.6) is 0 Å². The molecule has 2 aromatic rings. The standard InChI is InChI=1S/C24H28N2O4/c1-18(2)26(16-20-7-4-3-5-8-20)23(28)17-30-24(29)15-19-10-12-21(13-11-19)25-14-6-9-22(25)27/h3-5,7-8,10-13,18H,6,9,14-17H2,1-2H3. The van der Waals surface area contributed by atoms with E-state index in [9.17, 15) is 14.4 Å². The van der Waals surface area contributed by atoms with Gasteiger partial charge in [-0.05, 0) is 43.5 Å². The molecule has 0 N–H and O–H groups in total. The molecule has 0 saturated carbocycles. The largest absolute Gasteiger partial charge is 0.455 e. The van der Waals surface area contributed by atoms with Crippen molar-refractivity contribution < 1.29 is 19.1 Å². The first-order valence-electron chi connectivity index (χ1n) is 10.3. The lowest BCUT2D eigenvalue weighted by Gasteiger charge is -2.26. The Morgan fingerprint density at radius 2 is 1.73 bits per heavy atom. The monoisotopic (exact) mass is 408 g/mol. The highest BCUT2D eigenvalue weighted by atomic mass is 16.5. The third-order valence-corrected chi connectivity index (χ3v) is 5.17. The van der Waals surface area contributed by atoms with Crippen molar-refractivity contribution in [3.05, 3.63) is 65.7 Å². The summed E-state index contributed by atoms with van der Waals surface area (Å²) in [5, 5.41) is 0. The minimum Gasteiger partial charge on any atom is -0.455 e. The van der Waals surface area contributed by atoms with Gasteiger partial charge >= 0.3 is 5.97 Å². The van der Waals surface area contributed by atoms with E-state index in [-0.39, 0.29) is 30.9 Å². The van der Waals surface area contributed by atoms with E-state index in [4.69, 9.17) is 4.74 Å². The highest BCUT2D eigenvalue weighted by molar-refractivity contribution is 5.95. The quantitative estimate of drug-likeness (QED) is 0.629. The molecule has 6 heteroatoms. The Kier molecular flexibility index (Phi) is 7.22. The van der Waals surface area contributed by atoms with Crippen LogP contribution in [0, 0.1) is 0 Å². The number of carbonyl (C=O) groups excluding carboxylic acids is 3. The summed E-state index contributed by atoms with van der Waals surface area (Å²) in [6.45, 7) is 4.82. The molecule has 1 saturated heterocycles. The summed E-state index contributed by atoms with van der Waals surface area (Å²) in [7, 11) is 0. The van der Waals surface area contributed by atoms with Crippen LogP contribution in [0.25, 0.3) is 0 Å². The van der Waals surface area contributed by atoms with Gasteiger partial charge in [0.2, 0.25) is 5.91 Å². The Hall–Kier alpha value is -3.15. The smallest absolute Gasteiger partial charge is 0.310 e. The van der Waals surface area contributed by atoms with Crippen LogP contribution in [0.4, 0.5) is 5.69 Å². The number of anilines is 1. The van der Waals surface area contributed by atoms with Crippen LogP contribution in [-0.2, 0) is 32.1 Å². The number of esters is 1.